The summed E-state index contributed by atoms with van der Waals surface area (Å²) in [5.74, 6) is 1.85. The molecule has 2 saturated heterocycles. The van der Waals surface area contributed by atoms with Crippen molar-refractivity contribution in [1.29, 1.82) is 0 Å². The average Bonchev–Trinajstić information content (AvgIpc) is 2.96. The first-order chi connectivity index (χ1) is 8.24. The number of nitrogens with zero attached hydrogens (tertiary/aromatic N) is 2. The van der Waals surface area contributed by atoms with Crippen molar-refractivity contribution in [3.05, 3.63) is 24.2 Å². The molecule has 0 spiro atoms. The fourth-order valence-electron chi connectivity index (χ4n) is 3.07. The molecule has 1 amide bonds. The second-order valence-corrected chi connectivity index (χ2v) is 5.26. The Labute approximate surface area is 101 Å². The van der Waals surface area contributed by atoms with Crippen molar-refractivity contribution in [2.24, 2.45) is 11.8 Å². The van der Waals surface area contributed by atoms with Crippen LogP contribution in [0.3, 0.4) is 0 Å². The van der Waals surface area contributed by atoms with Crippen LogP contribution in [0.4, 0.5) is 0 Å². The van der Waals surface area contributed by atoms with Gasteiger partial charge in [0.2, 0.25) is 0 Å². The van der Waals surface area contributed by atoms with E-state index < -0.39 is 0 Å². The van der Waals surface area contributed by atoms with Crippen LogP contribution in [0, 0.1) is 11.8 Å². The number of amides is 1. The SMILES string of the molecule is CN1CC[C@H]2CN(C(=O)c3ccco3)C[C@H]2C1. The Hall–Kier alpha value is -1.29. The number of fused-ring (bicyclic) bond motifs is 1. The minimum absolute atomic E-state index is 0.0482. The maximum atomic E-state index is 12.2. The topological polar surface area (TPSA) is 36.7 Å². The maximum Gasteiger partial charge on any atom is 0.289 e. The smallest absolute Gasteiger partial charge is 0.289 e. The summed E-state index contributed by atoms with van der Waals surface area (Å²) < 4.78 is 5.18. The molecule has 0 saturated carbocycles. The number of piperidine rings is 1. The van der Waals surface area contributed by atoms with Crippen LogP contribution in [0.2, 0.25) is 0 Å². The first-order valence-electron chi connectivity index (χ1n) is 6.25. The minimum Gasteiger partial charge on any atom is -0.459 e. The van der Waals surface area contributed by atoms with Crippen LogP contribution in [0.5, 0.6) is 0 Å². The van der Waals surface area contributed by atoms with Crippen molar-refractivity contribution >= 4 is 5.91 Å². The second-order valence-electron chi connectivity index (χ2n) is 5.26. The van der Waals surface area contributed by atoms with Gasteiger partial charge in [-0.25, -0.2) is 0 Å². The molecule has 2 atom stereocenters. The molecule has 2 fully saturated rings. The number of furan rings is 1. The Morgan fingerprint density at radius 1 is 1.35 bits per heavy atom. The van der Waals surface area contributed by atoms with E-state index in [1.807, 2.05) is 4.90 Å². The monoisotopic (exact) mass is 234 g/mol. The third-order valence-electron chi connectivity index (χ3n) is 4.02. The van der Waals surface area contributed by atoms with E-state index >= 15 is 0 Å². The first-order valence-corrected chi connectivity index (χ1v) is 6.25. The summed E-state index contributed by atoms with van der Waals surface area (Å²) in [5, 5.41) is 0. The zero-order valence-electron chi connectivity index (χ0n) is 10.1. The summed E-state index contributed by atoms with van der Waals surface area (Å²) in [4.78, 5) is 16.5. The molecule has 0 aliphatic carbocycles. The summed E-state index contributed by atoms with van der Waals surface area (Å²) in [6.07, 6.45) is 2.77. The minimum atomic E-state index is 0.0482. The van der Waals surface area contributed by atoms with Crippen LogP contribution < -0.4 is 0 Å². The quantitative estimate of drug-likeness (QED) is 0.735. The molecule has 0 bridgehead atoms. The fraction of sp³-hybridized carbons (Fsp3) is 0.615. The molecule has 2 aliphatic rings. The highest BCUT2D eigenvalue weighted by Crippen LogP contribution is 2.31. The lowest BCUT2D eigenvalue weighted by molar-refractivity contribution is 0.0752. The Morgan fingerprint density at radius 2 is 2.18 bits per heavy atom. The molecule has 1 aromatic rings. The summed E-state index contributed by atoms with van der Waals surface area (Å²) in [6.45, 7) is 4.06. The highest BCUT2D eigenvalue weighted by molar-refractivity contribution is 5.91. The molecule has 0 N–H and O–H groups in total. The van der Waals surface area contributed by atoms with Crippen molar-refractivity contribution in [2.75, 3.05) is 33.2 Å². The standard InChI is InChI=1S/C13H18N2O2/c1-14-5-4-10-8-15(9-11(10)7-14)13(16)12-3-2-6-17-12/h2-3,6,10-11H,4-5,7-9H2,1H3/t10-,11+/m0/s1. The molecular formula is C13H18N2O2. The van der Waals surface area contributed by atoms with E-state index in [4.69, 9.17) is 4.42 Å². The second kappa shape index (κ2) is 4.18. The number of hydrogen-bond acceptors (Lipinski definition) is 3. The zero-order valence-corrected chi connectivity index (χ0v) is 10.1. The van der Waals surface area contributed by atoms with Crippen molar-refractivity contribution in [3.63, 3.8) is 0 Å². The van der Waals surface area contributed by atoms with Gasteiger partial charge in [0.05, 0.1) is 6.26 Å². The van der Waals surface area contributed by atoms with Crippen molar-refractivity contribution in [1.82, 2.24) is 9.80 Å². The molecule has 92 valence electrons. The third kappa shape index (κ3) is 1.97. The van der Waals surface area contributed by atoms with Crippen molar-refractivity contribution in [2.45, 2.75) is 6.42 Å². The lowest BCUT2D eigenvalue weighted by atomic mass is 9.89. The predicted octanol–water partition coefficient (Wildman–Crippen LogP) is 1.30. The van der Waals surface area contributed by atoms with E-state index in [1.54, 1.807) is 18.4 Å². The van der Waals surface area contributed by atoms with Gasteiger partial charge in [-0.15, -0.1) is 0 Å². The molecule has 4 nitrogen and oxygen atoms in total. The molecule has 4 heteroatoms. The summed E-state index contributed by atoms with van der Waals surface area (Å²) >= 11 is 0. The van der Waals surface area contributed by atoms with Gasteiger partial charge in [-0.1, -0.05) is 0 Å². The van der Waals surface area contributed by atoms with Gasteiger partial charge in [0.25, 0.3) is 5.91 Å². The Morgan fingerprint density at radius 3 is 2.94 bits per heavy atom. The van der Waals surface area contributed by atoms with Crippen LogP contribution in [0.25, 0.3) is 0 Å². The van der Waals surface area contributed by atoms with Gasteiger partial charge >= 0.3 is 0 Å². The van der Waals surface area contributed by atoms with Gasteiger partial charge in [-0.3, -0.25) is 4.79 Å². The highest BCUT2D eigenvalue weighted by Gasteiger charge is 2.38. The molecule has 3 rings (SSSR count). The van der Waals surface area contributed by atoms with E-state index in [0.717, 1.165) is 26.2 Å². The molecule has 0 aromatic carbocycles. The molecule has 2 aliphatic heterocycles. The molecule has 3 heterocycles. The van der Waals surface area contributed by atoms with Crippen LogP contribution in [0.1, 0.15) is 17.0 Å². The highest BCUT2D eigenvalue weighted by atomic mass is 16.3. The zero-order chi connectivity index (χ0) is 11.8. The maximum absolute atomic E-state index is 12.2. The first kappa shape index (κ1) is 10.8. The fourth-order valence-corrected chi connectivity index (χ4v) is 3.07. The Bertz CT molecular complexity index is 402. The van der Waals surface area contributed by atoms with Gasteiger partial charge in [0.15, 0.2) is 5.76 Å². The van der Waals surface area contributed by atoms with E-state index in [2.05, 4.69) is 11.9 Å². The molecule has 0 unspecified atom stereocenters. The van der Waals surface area contributed by atoms with Crippen molar-refractivity contribution in [3.8, 4) is 0 Å². The summed E-state index contributed by atoms with van der Waals surface area (Å²) in [5.41, 5.74) is 0. The van der Waals surface area contributed by atoms with Crippen LogP contribution in [-0.4, -0.2) is 48.9 Å². The van der Waals surface area contributed by atoms with Crippen molar-refractivity contribution < 1.29 is 9.21 Å². The van der Waals surface area contributed by atoms with Gasteiger partial charge in [-0.05, 0) is 44.0 Å². The number of hydrogen-bond donors (Lipinski definition) is 0. The average molecular weight is 234 g/mol. The molecule has 0 radical (unpaired) electrons. The Kier molecular flexibility index (Phi) is 2.67. The van der Waals surface area contributed by atoms with E-state index in [0.29, 0.717) is 17.6 Å². The van der Waals surface area contributed by atoms with E-state index in [1.165, 1.54) is 6.42 Å². The lowest BCUT2D eigenvalue weighted by Gasteiger charge is -2.31. The van der Waals surface area contributed by atoms with Crippen LogP contribution in [0.15, 0.2) is 22.8 Å². The van der Waals surface area contributed by atoms with E-state index in [-0.39, 0.29) is 5.91 Å². The van der Waals surface area contributed by atoms with Gasteiger partial charge in [0, 0.05) is 19.6 Å². The van der Waals surface area contributed by atoms with Crippen LogP contribution >= 0.6 is 0 Å². The third-order valence-corrected chi connectivity index (χ3v) is 4.02. The van der Waals surface area contributed by atoms with Gasteiger partial charge in [-0.2, -0.15) is 0 Å². The molecular weight excluding hydrogens is 216 g/mol. The number of carbonyl (C=O) groups is 1. The lowest BCUT2D eigenvalue weighted by Crippen LogP contribution is -2.37. The van der Waals surface area contributed by atoms with E-state index in [9.17, 15) is 4.79 Å². The predicted molar refractivity (Wildman–Crippen MR) is 63.7 cm³/mol. The van der Waals surface area contributed by atoms with Gasteiger partial charge in [0.1, 0.15) is 0 Å². The Balaban J connectivity index is 1.69. The normalized spacial score (nSPS) is 29.4. The molecule has 1 aromatic heterocycles. The largest absolute Gasteiger partial charge is 0.459 e. The number of rotatable bonds is 1. The summed E-state index contributed by atoms with van der Waals surface area (Å²) in [6, 6.07) is 3.51. The summed E-state index contributed by atoms with van der Waals surface area (Å²) in [7, 11) is 2.16. The molecule has 17 heavy (non-hydrogen) atoms. The number of likely N-dealkylation sites (tertiary alicyclic amines) is 2. The van der Waals surface area contributed by atoms with Gasteiger partial charge < -0.3 is 14.2 Å². The van der Waals surface area contributed by atoms with Crippen LogP contribution in [-0.2, 0) is 0 Å². The number of carbonyl (C=O) groups excluding carboxylic acids is 1.